The van der Waals surface area contributed by atoms with Gasteiger partial charge in [-0.1, -0.05) is 4.52 Å². The molecule has 0 radical (unpaired) electrons. The summed E-state index contributed by atoms with van der Waals surface area (Å²) in [6, 6.07) is 0. The minimum absolute atomic E-state index is 0.173. The van der Waals surface area contributed by atoms with E-state index in [-0.39, 0.29) is 6.54 Å². The SMILES string of the molecule is O=[P+](O)OC(O)C(CN1CCCC1)O[P+](=O)O. The van der Waals surface area contributed by atoms with E-state index in [1.54, 1.807) is 0 Å². The Morgan fingerprint density at radius 2 is 1.65 bits per heavy atom. The minimum Gasteiger partial charge on any atom is -0.362 e. The second-order valence-corrected chi connectivity index (χ2v) is 5.00. The number of likely N-dealkylation sites (tertiary alicyclic amines) is 1. The average molecular weight is 287 g/mol. The summed E-state index contributed by atoms with van der Waals surface area (Å²) in [5.41, 5.74) is 0. The molecule has 0 aliphatic carbocycles. The first-order valence-electron chi connectivity index (χ1n) is 5.05. The summed E-state index contributed by atoms with van der Waals surface area (Å²) < 4.78 is 29.8. The van der Waals surface area contributed by atoms with Crippen LogP contribution in [-0.4, -0.2) is 51.8 Å². The van der Waals surface area contributed by atoms with Gasteiger partial charge >= 0.3 is 16.5 Å². The standard InChI is InChI=1S/C7H13NO7P2/c9-7(15-17(12)13)6(14-16(10)11)5-8-3-1-2-4-8/h6-7,9H,1-5H2/p+2. The molecule has 10 heteroatoms. The Balaban J connectivity index is 2.51. The highest BCUT2D eigenvalue weighted by Gasteiger charge is 2.37. The van der Waals surface area contributed by atoms with Gasteiger partial charge in [0.05, 0.1) is 0 Å². The number of hydrogen-bond donors (Lipinski definition) is 3. The number of rotatable bonds is 7. The number of aliphatic hydroxyl groups is 1. The average Bonchev–Trinajstić information content (AvgIpc) is 2.67. The smallest absolute Gasteiger partial charge is 0.362 e. The number of hydrogen-bond acceptors (Lipinski definition) is 6. The summed E-state index contributed by atoms with van der Waals surface area (Å²) in [5, 5.41) is 9.43. The van der Waals surface area contributed by atoms with Crippen LogP contribution in [0.5, 0.6) is 0 Å². The molecule has 0 spiro atoms. The van der Waals surface area contributed by atoms with Crippen molar-refractivity contribution in [1.29, 1.82) is 0 Å². The monoisotopic (exact) mass is 287 g/mol. The molecule has 1 saturated heterocycles. The minimum atomic E-state index is -2.99. The molecule has 0 saturated carbocycles. The van der Waals surface area contributed by atoms with Crippen LogP contribution in [0, 0.1) is 0 Å². The summed E-state index contributed by atoms with van der Waals surface area (Å²) >= 11 is 0. The Labute approximate surface area is 100 Å². The molecule has 17 heavy (non-hydrogen) atoms. The Kier molecular flexibility index (Phi) is 6.54. The third-order valence-corrected chi connectivity index (χ3v) is 3.23. The van der Waals surface area contributed by atoms with Crippen LogP contribution < -0.4 is 0 Å². The molecule has 0 aromatic heterocycles. The lowest BCUT2D eigenvalue weighted by Crippen LogP contribution is -2.39. The fourth-order valence-corrected chi connectivity index (χ4v) is 2.39. The summed E-state index contributed by atoms with van der Waals surface area (Å²) in [7, 11) is -5.90. The lowest BCUT2D eigenvalue weighted by molar-refractivity contribution is -0.101. The molecular formula is C7H15NO7P2+2. The van der Waals surface area contributed by atoms with Crippen molar-refractivity contribution in [3.63, 3.8) is 0 Å². The van der Waals surface area contributed by atoms with Gasteiger partial charge in [-0.3, -0.25) is 0 Å². The van der Waals surface area contributed by atoms with Crippen molar-refractivity contribution in [1.82, 2.24) is 4.90 Å². The van der Waals surface area contributed by atoms with E-state index in [1.165, 1.54) is 0 Å². The number of aliphatic hydroxyl groups excluding tert-OH is 1. The van der Waals surface area contributed by atoms with Crippen molar-refractivity contribution < 1.29 is 33.1 Å². The highest BCUT2D eigenvalue weighted by atomic mass is 31.1. The first-order chi connectivity index (χ1) is 7.99. The third kappa shape index (κ3) is 5.90. The molecule has 8 nitrogen and oxygen atoms in total. The van der Waals surface area contributed by atoms with Crippen LogP contribution in [0.15, 0.2) is 0 Å². The van der Waals surface area contributed by atoms with Crippen LogP contribution in [0.25, 0.3) is 0 Å². The van der Waals surface area contributed by atoms with Crippen LogP contribution in [0.1, 0.15) is 12.8 Å². The lowest BCUT2D eigenvalue weighted by Gasteiger charge is -2.19. The molecule has 3 N–H and O–H groups in total. The molecule has 1 fully saturated rings. The molecule has 4 unspecified atom stereocenters. The largest absolute Gasteiger partial charge is 0.697 e. The van der Waals surface area contributed by atoms with Gasteiger partial charge in [-0.15, -0.1) is 14.3 Å². The van der Waals surface area contributed by atoms with Crippen molar-refractivity contribution in [3.05, 3.63) is 0 Å². The van der Waals surface area contributed by atoms with E-state index < -0.39 is 28.9 Å². The molecule has 0 aromatic carbocycles. The molecule has 1 aliphatic heterocycles. The second kappa shape index (κ2) is 7.41. The van der Waals surface area contributed by atoms with E-state index in [0.29, 0.717) is 0 Å². The van der Waals surface area contributed by atoms with Gasteiger partial charge in [-0.05, 0) is 25.9 Å². The zero-order chi connectivity index (χ0) is 12.8. The Hall–Kier alpha value is -0.0400. The molecule has 1 heterocycles. The predicted octanol–water partition coefficient (Wildman–Crippen LogP) is 0.102. The van der Waals surface area contributed by atoms with Gasteiger partial charge in [0.1, 0.15) is 0 Å². The quantitative estimate of drug-likeness (QED) is 0.446. The normalized spacial score (nSPS) is 22.3. The van der Waals surface area contributed by atoms with Crippen LogP contribution in [-0.2, 0) is 18.2 Å². The van der Waals surface area contributed by atoms with E-state index in [1.807, 2.05) is 4.90 Å². The number of nitrogens with zero attached hydrogens (tertiary/aromatic N) is 1. The van der Waals surface area contributed by atoms with Gasteiger partial charge in [0.25, 0.3) is 0 Å². The van der Waals surface area contributed by atoms with E-state index in [2.05, 4.69) is 9.05 Å². The van der Waals surface area contributed by atoms with Gasteiger partial charge in [0, 0.05) is 15.7 Å². The molecular weight excluding hydrogens is 272 g/mol. The van der Waals surface area contributed by atoms with Gasteiger partial charge in [-0.2, -0.15) is 0 Å². The van der Waals surface area contributed by atoms with Crippen LogP contribution >= 0.6 is 16.5 Å². The Bertz CT molecular complexity index is 283. The third-order valence-electron chi connectivity index (χ3n) is 2.38. The van der Waals surface area contributed by atoms with E-state index in [9.17, 15) is 14.2 Å². The first kappa shape index (κ1) is 15.0. The Morgan fingerprint density at radius 3 is 2.12 bits per heavy atom. The zero-order valence-corrected chi connectivity index (χ0v) is 10.8. The summed E-state index contributed by atoms with van der Waals surface area (Å²) in [6.07, 6.45) is -0.838. The zero-order valence-electron chi connectivity index (χ0n) is 9.01. The molecule has 1 aliphatic rings. The van der Waals surface area contributed by atoms with Gasteiger partial charge in [0.15, 0.2) is 6.10 Å². The topological polar surface area (TPSA) is 117 Å². The van der Waals surface area contributed by atoms with Gasteiger partial charge < -0.3 is 10.0 Å². The predicted molar refractivity (Wildman–Crippen MR) is 57.3 cm³/mol. The van der Waals surface area contributed by atoms with Crippen molar-refractivity contribution in [2.24, 2.45) is 0 Å². The lowest BCUT2D eigenvalue weighted by atomic mass is 10.3. The van der Waals surface area contributed by atoms with Crippen LogP contribution in [0.2, 0.25) is 0 Å². The highest BCUT2D eigenvalue weighted by molar-refractivity contribution is 7.32. The maximum absolute atomic E-state index is 10.6. The van der Waals surface area contributed by atoms with Gasteiger partial charge in [0.2, 0.25) is 6.29 Å². The highest BCUT2D eigenvalue weighted by Crippen LogP contribution is 2.26. The van der Waals surface area contributed by atoms with Crippen molar-refractivity contribution in [2.75, 3.05) is 19.6 Å². The molecule has 4 atom stereocenters. The fourth-order valence-electron chi connectivity index (χ4n) is 1.67. The summed E-state index contributed by atoms with van der Waals surface area (Å²) in [6.45, 7) is 1.76. The van der Waals surface area contributed by atoms with E-state index in [4.69, 9.17) is 9.79 Å². The molecule has 0 aromatic rings. The van der Waals surface area contributed by atoms with E-state index >= 15 is 0 Å². The van der Waals surface area contributed by atoms with Crippen LogP contribution in [0.4, 0.5) is 0 Å². The second-order valence-electron chi connectivity index (χ2n) is 3.62. The van der Waals surface area contributed by atoms with Crippen molar-refractivity contribution >= 4 is 16.5 Å². The van der Waals surface area contributed by atoms with Gasteiger partial charge in [-0.25, -0.2) is 0 Å². The molecule has 0 amide bonds. The van der Waals surface area contributed by atoms with E-state index in [0.717, 1.165) is 25.9 Å². The van der Waals surface area contributed by atoms with Crippen molar-refractivity contribution in [3.8, 4) is 0 Å². The fraction of sp³-hybridized carbons (Fsp3) is 1.00. The maximum atomic E-state index is 10.6. The molecule has 0 bridgehead atoms. The molecule has 1 rings (SSSR count). The Morgan fingerprint density at radius 1 is 1.12 bits per heavy atom. The first-order valence-corrected chi connectivity index (χ1v) is 7.31. The summed E-state index contributed by atoms with van der Waals surface area (Å²) in [4.78, 5) is 19.1. The van der Waals surface area contributed by atoms with Crippen LogP contribution in [0.3, 0.4) is 0 Å². The molecule has 98 valence electrons. The summed E-state index contributed by atoms with van der Waals surface area (Å²) in [5.74, 6) is 0. The maximum Gasteiger partial charge on any atom is 0.697 e. The van der Waals surface area contributed by atoms with Crippen molar-refractivity contribution in [2.45, 2.75) is 25.2 Å².